The van der Waals surface area contributed by atoms with E-state index in [4.69, 9.17) is 9.47 Å². The van der Waals surface area contributed by atoms with Crippen LogP contribution in [0, 0.1) is 0 Å². The molecule has 0 aromatic heterocycles. The number of ether oxygens (including phenoxy) is 2. The summed E-state index contributed by atoms with van der Waals surface area (Å²) >= 11 is 0. The molecule has 0 bridgehead atoms. The smallest absolute Gasteiger partial charge is 0.160 e. The maximum absolute atomic E-state index is 5.57. The quantitative estimate of drug-likeness (QED) is 0.682. The Morgan fingerprint density at radius 2 is 2.40 bits per heavy atom. The molecule has 1 aliphatic heterocycles. The molecule has 1 heterocycles. The van der Waals surface area contributed by atoms with E-state index in [2.05, 4.69) is 17.4 Å². The van der Waals surface area contributed by atoms with Crippen molar-refractivity contribution in [1.29, 1.82) is 0 Å². The SMILES string of the molecule is C=C1OC(CNNC)CO/C1=C/C=C\C. The molecule has 0 aromatic carbocycles. The second-order valence-electron chi connectivity index (χ2n) is 3.16. The maximum atomic E-state index is 5.57. The highest BCUT2D eigenvalue weighted by Gasteiger charge is 2.20. The zero-order valence-electron chi connectivity index (χ0n) is 9.25. The summed E-state index contributed by atoms with van der Waals surface area (Å²) in [7, 11) is 1.82. The number of hydrogen-bond acceptors (Lipinski definition) is 4. The molecule has 1 saturated heterocycles. The Morgan fingerprint density at radius 3 is 3.00 bits per heavy atom. The van der Waals surface area contributed by atoms with Gasteiger partial charge in [0.05, 0.1) is 6.54 Å². The van der Waals surface area contributed by atoms with Crippen LogP contribution in [0.25, 0.3) is 0 Å². The van der Waals surface area contributed by atoms with Gasteiger partial charge >= 0.3 is 0 Å². The molecular weight excluding hydrogens is 192 g/mol. The molecule has 0 amide bonds. The maximum Gasteiger partial charge on any atom is 0.160 e. The topological polar surface area (TPSA) is 42.5 Å². The largest absolute Gasteiger partial charge is 0.486 e. The van der Waals surface area contributed by atoms with Crippen molar-refractivity contribution in [2.24, 2.45) is 0 Å². The van der Waals surface area contributed by atoms with Crippen LogP contribution in [0.15, 0.2) is 36.3 Å². The molecule has 1 aliphatic rings. The number of hydrazine groups is 1. The summed E-state index contributed by atoms with van der Waals surface area (Å²) in [6.07, 6.45) is 5.69. The fraction of sp³-hybridized carbons (Fsp3) is 0.455. The molecule has 1 unspecified atom stereocenters. The summed E-state index contributed by atoms with van der Waals surface area (Å²) in [4.78, 5) is 0. The van der Waals surface area contributed by atoms with Crippen LogP contribution in [-0.4, -0.2) is 26.3 Å². The summed E-state index contributed by atoms with van der Waals surface area (Å²) in [6.45, 7) is 6.98. The van der Waals surface area contributed by atoms with E-state index in [9.17, 15) is 0 Å². The summed E-state index contributed by atoms with van der Waals surface area (Å²) in [5, 5.41) is 0. The van der Waals surface area contributed by atoms with Gasteiger partial charge in [0.25, 0.3) is 0 Å². The first-order valence-corrected chi connectivity index (χ1v) is 4.99. The van der Waals surface area contributed by atoms with E-state index in [0.717, 1.165) is 0 Å². The first-order valence-electron chi connectivity index (χ1n) is 4.99. The molecule has 15 heavy (non-hydrogen) atoms. The van der Waals surface area contributed by atoms with Crippen molar-refractivity contribution in [2.75, 3.05) is 20.2 Å². The summed E-state index contributed by atoms with van der Waals surface area (Å²) in [5.41, 5.74) is 5.80. The number of rotatable bonds is 4. The Balaban J connectivity index is 2.44. The third-order valence-electron chi connectivity index (χ3n) is 1.96. The predicted molar refractivity (Wildman–Crippen MR) is 59.9 cm³/mol. The monoisotopic (exact) mass is 210 g/mol. The van der Waals surface area contributed by atoms with Crippen LogP contribution in [-0.2, 0) is 9.47 Å². The van der Waals surface area contributed by atoms with Gasteiger partial charge in [0.1, 0.15) is 12.7 Å². The Hall–Kier alpha value is -1.26. The Kier molecular flexibility index (Phi) is 4.93. The lowest BCUT2D eigenvalue weighted by Gasteiger charge is -2.27. The van der Waals surface area contributed by atoms with E-state index >= 15 is 0 Å². The van der Waals surface area contributed by atoms with Gasteiger partial charge in [-0.15, -0.1) is 0 Å². The zero-order valence-corrected chi connectivity index (χ0v) is 9.25. The van der Waals surface area contributed by atoms with Gasteiger partial charge in [-0.1, -0.05) is 18.7 Å². The van der Waals surface area contributed by atoms with Crippen molar-refractivity contribution >= 4 is 0 Å². The van der Waals surface area contributed by atoms with E-state index in [-0.39, 0.29) is 6.10 Å². The average Bonchev–Trinajstić information content (AvgIpc) is 2.25. The summed E-state index contributed by atoms with van der Waals surface area (Å²) < 4.78 is 11.1. The van der Waals surface area contributed by atoms with Crippen molar-refractivity contribution in [3.05, 3.63) is 36.3 Å². The molecule has 1 rings (SSSR count). The minimum Gasteiger partial charge on any atom is -0.486 e. The zero-order chi connectivity index (χ0) is 11.1. The Morgan fingerprint density at radius 1 is 1.60 bits per heavy atom. The lowest BCUT2D eigenvalue weighted by atomic mass is 10.3. The third kappa shape index (κ3) is 3.77. The molecule has 0 aliphatic carbocycles. The van der Waals surface area contributed by atoms with Crippen molar-refractivity contribution in [1.82, 2.24) is 10.9 Å². The Labute approximate surface area is 90.6 Å². The van der Waals surface area contributed by atoms with E-state index in [1.807, 2.05) is 32.2 Å². The van der Waals surface area contributed by atoms with Gasteiger partial charge in [0, 0.05) is 0 Å². The third-order valence-corrected chi connectivity index (χ3v) is 1.96. The standard InChI is InChI=1S/C11H18N2O2/c1-4-5-6-11-9(2)15-10(8-14-11)7-13-12-3/h4-6,10,12-13H,2,7-8H2,1,3H3/b5-4-,11-6+. The van der Waals surface area contributed by atoms with Crippen LogP contribution in [0.1, 0.15) is 6.92 Å². The minimum absolute atomic E-state index is 0.00714. The molecule has 4 nitrogen and oxygen atoms in total. The molecule has 2 N–H and O–H groups in total. The second-order valence-corrected chi connectivity index (χ2v) is 3.16. The molecule has 84 valence electrons. The van der Waals surface area contributed by atoms with E-state index in [1.54, 1.807) is 0 Å². The first-order chi connectivity index (χ1) is 7.27. The molecule has 0 spiro atoms. The van der Waals surface area contributed by atoms with E-state index < -0.39 is 0 Å². The van der Waals surface area contributed by atoms with Gasteiger partial charge in [-0.25, -0.2) is 0 Å². The summed E-state index contributed by atoms with van der Waals surface area (Å²) in [5.74, 6) is 1.29. The van der Waals surface area contributed by atoms with Crippen LogP contribution in [0.2, 0.25) is 0 Å². The van der Waals surface area contributed by atoms with E-state index in [0.29, 0.717) is 24.7 Å². The lowest BCUT2D eigenvalue weighted by Crippen LogP contribution is -2.40. The van der Waals surface area contributed by atoms with Crippen LogP contribution >= 0.6 is 0 Å². The predicted octanol–water partition coefficient (Wildman–Crippen LogP) is 1.10. The fourth-order valence-corrected chi connectivity index (χ4v) is 1.20. The Bertz CT molecular complexity index is 272. The molecule has 0 saturated carbocycles. The lowest BCUT2D eigenvalue weighted by molar-refractivity contribution is -0.00632. The summed E-state index contributed by atoms with van der Waals surface area (Å²) in [6, 6.07) is 0. The fourth-order valence-electron chi connectivity index (χ4n) is 1.20. The van der Waals surface area contributed by atoms with Crippen molar-refractivity contribution in [3.8, 4) is 0 Å². The molecule has 1 fully saturated rings. The van der Waals surface area contributed by atoms with Gasteiger partial charge in [0.15, 0.2) is 11.5 Å². The van der Waals surface area contributed by atoms with Crippen molar-refractivity contribution in [2.45, 2.75) is 13.0 Å². The van der Waals surface area contributed by atoms with Crippen molar-refractivity contribution < 1.29 is 9.47 Å². The molecule has 1 atom stereocenters. The van der Waals surface area contributed by atoms with Gasteiger partial charge in [-0.05, 0) is 20.0 Å². The molecule has 0 radical (unpaired) electrons. The molecule has 4 heteroatoms. The van der Waals surface area contributed by atoms with Gasteiger partial charge in [-0.3, -0.25) is 10.9 Å². The van der Waals surface area contributed by atoms with Crippen LogP contribution < -0.4 is 10.9 Å². The van der Waals surface area contributed by atoms with Crippen LogP contribution in [0.4, 0.5) is 0 Å². The first kappa shape index (κ1) is 11.8. The number of allylic oxidation sites excluding steroid dienone is 3. The average molecular weight is 210 g/mol. The van der Waals surface area contributed by atoms with E-state index in [1.165, 1.54) is 0 Å². The molecular formula is C11H18N2O2. The van der Waals surface area contributed by atoms with Gasteiger partial charge in [-0.2, -0.15) is 0 Å². The van der Waals surface area contributed by atoms with Crippen LogP contribution in [0.5, 0.6) is 0 Å². The minimum atomic E-state index is 0.00714. The van der Waals surface area contributed by atoms with Crippen molar-refractivity contribution in [3.63, 3.8) is 0 Å². The molecule has 0 aromatic rings. The normalized spacial score (nSPS) is 24.3. The second kappa shape index (κ2) is 6.27. The van der Waals surface area contributed by atoms with Gasteiger partial charge in [0.2, 0.25) is 0 Å². The number of hydrogen-bond donors (Lipinski definition) is 2. The van der Waals surface area contributed by atoms with Crippen LogP contribution in [0.3, 0.4) is 0 Å². The number of nitrogens with one attached hydrogen (secondary N) is 2. The highest BCUT2D eigenvalue weighted by atomic mass is 16.6. The van der Waals surface area contributed by atoms with Gasteiger partial charge < -0.3 is 9.47 Å². The highest BCUT2D eigenvalue weighted by Crippen LogP contribution is 2.19. The highest BCUT2D eigenvalue weighted by molar-refractivity contribution is 5.23.